The van der Waals surface area contributed by atoms with Crippen molar-refractivity contribution in [2.24, 2.45) is 7.05 Å². The third-order valence-corrected chi connectivity index (χ3v) is 6.76. The van der Waals surface area contributed by atoms with Crippen molar-refractivity contribution in [3.05, 3.63) is 70.5 Å². The largest absolute Gasteiger partial charge is 0.492 e. The number of carbonyl (C=O) groups excluding carboxylic acids is 1. The highest BCUT2D eigenvalue weighted by atomic mass is 32.1. The molecule has 0 fully saturated rings. The lowest BCUT2D eigenvalue weighted by Crippen LogP contribution is -2.27. The molecule has 9 heteroatoms. The molecule has 2 heterocycles. The van der Waals surface area contributed by atoms with E-state index in [1.54, 1.807) is 16.0 Å². The molecular weight excluding hydrogens is 472 g/mol. The SMILES string of the molecule is Cc1nnc(-c2cc(-c3cnn(C)c3)cc([C@@H](C)NC(=O)c3cc(OCCN(C)C)ccc3C)c2)s1. The summed E-state index contributed by atoms with van der Waals surface area (Å²) < 4.78 is 7.62. The zero-order valence-electron chi connectivity index (χ0n) is 21.6. The van der Waals surface area contributed by atoms with Gasteiger partial charge in [-0.2, -0.15) is 5.10 Å². The molecule has 0 aliphatic rings. The third-order valence-electron chi connectivity index (χ3n) is 5.88. The van der Waals surface area contributed by atoms with Crippen LogP contribution in [0.2, 0.25) is 0 Å². The fourth-order valence-corrected chi connectivity index (χ4v) is 4.49. The second kappa shape index (κ2) is 11.0. The first-order chi connectivity index (χ1) is 17.2. The number of nitrogens with one attached hydrogen (secondary N) is 1. The van der Waals surface area contributed by atoms with Crippen LogP contribution in [0.15, 0.2) is 48.8 Å². The maximum atomic E-state index is 13.3. The average molecular weight is 505 g/mol. The lowest BCUT2D eigenvalue weighted by molar-refractivity contribution is 0.0938. The highest BCUT2D eigenvalue weighted by Crippen LogP contribution is 2.32. The first-order valence-electron chi connectivity index (χ1n) is 11.8. The van der Waals surface area contributed by atoms with E-state index >= 15 is 0 Å². The summed E-state index contributed by atoms with van der Waals surface area (Å²) in [5, 5.41) is 17.7. The lowest BCUT2D eigenvalue weighted by atomic mass is 9.98. The molecule has 0 radical (unpaired) electrons. The van der Waals surface area contributed by atoms with Crippen molar-refractivity contribution in [2.45, 2.75) is 26.8 Å². The molecule has 188 valence electrons. The van der Waals surface area contributed by atoms with Gasteiger partial charge in [-0.15, -0.1) is 10.2 Å². The van der Waals surface area contributed by atoms with Gasteiger partial charge >= 0.3 is 0 Å². The number of hydrogen-bond donors (Lipinski definition) is 1. The molecule has 0 aliphatic heterocycles. The molecule has 2 aromatic carbocycles. The van der Waals surface area contributed by atoms with Crippen LogP contribution in [-0.2, 0) is 7.05 Å². The number of nitrogens with zero attached hydrogens (tertiary/aromatic N) is 5. The van der Waals surface area contributed by atoms with Crippen molar-refractivity contribution in [3.63, 3.8) is 0 Å². The van der Waals surface area contributed by atoms with E-state index in [0.717, 1.165) is 44.4 Å². The molecule has 0 saturated heterocycles. The topological polar surface area (TPSA) is 85.2 Å². The van der Waals surface area contributed by atoms with Gasteiger partial charge in [-0.3, -0.25) is 9.48 Å². The summed E-state index contributed by atoms with van der Waals surface area (Å²) in [5.74, 6) is 0.547. The van der Waals surface area contributed by atoms with Crippen molar-refractivity contribution < 1.29 is 9.53 Å². The first-order valence-corrected chi connectivity index (χ1v) is 12.6. The molecule has 0 unspecified atom stereocenters. The molecule has 0 saturated carbocycles. The van der Waals surface area contributed by atoms with Crippen molar-refractivity contribution in [2.75, 3.05) is 27.2 Å². The number of carbonyl (C=O) groups is 1. The van der Waals surface area contributed by atoms with Gasteiger partial charge in [-0.25, -0.2) is 0 Å². The minimum atomic E-state index is -0.236. The maximum absolute atomic E-state index is 13.3. The van der Waals surface area contributed by atoms with Crippen molar-refractivity contribution in [3.8, 4) is 27.4 Å². The fourth-order valence-electron chi connectivity index (χ4n) is 3.81. The molecule has 1 amide bonds. The van der Waals surface area contributed by atoms with Crippen LogP contribution in [0.5, 0.6) is 5.75 Å². The highest BCUT2D eigenvalue weighted by molar-refractivity contribution is 7.14. The first kappa shape index (κ1) is 25.5. The van der Waals surface area contributed by atoms with E-state index in [4.69, 9.17) is 4.74 Å². The summed E-state index contributed by atoms with van der Waals surface area (Å²) in [6.07, 6.45) is 3.81. The van der Waals surface area contributed by atoms with E-state index in [1.807, 2.05) is 72.5 Å². The normalized spacial score (nSPS) is 12.1. The van der Waals surface area contributed by atoms with Crippen LogP contribution < -0.4 is 10.1 Å². The summed E-state index contributed by atoms with van der Waals surface area (Å²) in [7, 11) is 5.89. The summed E-state index contributed by atoms with van der Waals surface area (Å²) in [6.45, 7) is 7.22. The molecule has 0 aliphatic carbocycles. The van der Waals surface area contributed by atoms with Crippen LogP contribution in [0.4, 0.5) is 0 Å². The van der Waals surface area contributed by atoms with E-state index in [2.05, 4.69) is 43.7 Å². The molecule has 2 aromatic heterocycles. The van der Waals surface area contributed by atoms with E-state index in [9.17, 15) is 4.79 Å². The number of hydrogen-bond acceptors (Lipinski definition) is 7. The molecule has 8 nitrogen and oxygen atoms in total. The number of likely N-dealkylation sites (N-methyl/N-ethyl adjacent to an activating group) is 1. The standard InChI is InChI=1S/C27H32N6O2S/c1-17-7-8-24(35-10-9-32(4)5)14-25(17)26(34)29-18(2)20-11-21(23-15-28-33(6)16-23)13-22(12-20)27-31-30-19(3)36-27/h7-8,11-16,18H,9-10H2,1-6H3,(H,29,34)/t18-/m1/s1. The van der Waals surface area contributed by atoms with Crippen LogP contribution in [-0.4, -0.2) is 58.0 Å². The minimum absolute atomic E-state index is 0.141. The van der Waals surface area contributed by atoms with Crippen LogP contribution in [0.1, 0.15) is 39.5 Å². The Balaban J connectivity index is 1.60. The van der Waals surface area contributed by atoms with Gasteiger partial charge in [0.2, 0.25) is 0 Å². The maximum Gasteiger partial charge on any atom is 0.252 e. The van der Waals surface area contributed by atoms with E-state index in [1.165, 1.54) is 0 Å². The Labute approximate surface area is 215 Å². The number of ether oxygens (including phenoxy) is 1. The van der Waals surface area contributed by atoms with Gasteiger partial charge < -0.3 is 15.0 Å². The highest BCUT2D eigenvalue weighted by Gasteiger charge is 2.18. The molecular formula is C27H32N6O2S. The van der Waals surface area contributed by atoms with Crippen molar-refractivity contribution >= 4 is 17.2 Å². The Bertz CT molecular complexity index is 1300. The molecule has 1 atom stereocenters. The number of amides is 1. The number of rotatable bonds is 9. The summed E-state index contributed by atoms with van der Waals surface area (Å²) in [5.41, 5.74) is 5.45. The van der Waals surface area contributed by atoms with E-state index < -0.39 is 0 Å². The van der Waals surface area contributed by atoms with Gasteiger partial charge in [-0.1, -0.05) is 17.4 Å². The second-order valence-electron chi connectivity index (χ2n) is 9.20. The van der Waals surface area contributed by atoms with Gasteiger partial charge in [0.25, 0.3) is 5.91 Å². The van der Waals surface area contributed by atoms with Gasteiger partial charge in [-0.05, 0) is 81.9 Å². The molecule has 36 heavy (non-hydrogen) atoms. The Morgan fingerprint density at radius 3 is 2.56 bits per heavy atom. The Hall–Kier alpha value is -3.56. The van der Waals surface area contributed by atoms with E-state index in [0.29, 0.717) is 17.9 Å². The Morgan fingerprint density at radius 1 is 1.11 bits per heavy atom. The molecule has 0 spiro atoms. The van der Waals surface area contributed by atoms with Crippen LogP contribution in [0.25, 0.3) is 21.7 Å². The fraction of sp³-hybridized carbons (Fsp3) is 0.333. The van der Waals surface area contributed by atoms with Gasteiger partial charge in [0, 0.05) is 36.5 Å². The molecule has 0 bridgehead atoms. The smallest absolute Gasteiger partial charge is 0.252 e. The molecule has 4 aromatic rings. The molecule has 1 N–H and O–H groups in total. The molecule has 4 rings (SSSR count). The quantitative estimate of drug-likeness (QED) is 0.357. The number of benzene rings is 2. The van der Waals surface area contributed by atoms with E-state index in [-0.39, 0.29) is 11.9 Å². The predicted molar refractivity (Wildman–Crippen MR) is 143 cm³/mol. The van der Waals surface area contributed by atoms with Crippen molar-refractivity contribution in [1.29, 1.82) is 0 Å². The van der Waals surface area contributed by atoms with Gasteiger partial charge in [0.1, 0.15) is 22.4 Å². The van der Waals surface area contributed by atoms with Crippen molar-refractivity contribution in [1.82, 2.24) is 30.2 Å². The summed E-state index contributed by atoms with van der Waals surface area (Å²) in [6, 6.07) is 11.6. The minimum Gasteiger partial charge on any atom is -0.492 e. The Morgan fingerprint density at radius 2 is 1.89 bits per heavy atom. The zero-order valence-corrected chi connectivity index (χ0v) is 22.4. The zero-order chi connectivity index (χ0) is 25.8. The second-order valence-corrected chi connectivity index (χ2v) is 10.4. The summed E-state index contributed by atoms with van der Waals surface area (Å²) in [4.78, 5) is 15.3. The monoisotopic (exact) mass is 504 g/mol. The number of aryl methyl sites for hydroxylation is 3. The third kappa shape index (κ3) is 6.16. The van der Waals surface area contributed by atoms with Gasteiger partial charge in [0.05, 0.1) is 12.2 Å². The predicted octanol–water partition coefficient (Wildman–Crippen LogP) is 4.65. The Kier molecular flexibility index (Phi) is 7.81. The van der Waals surface area contributed by atoms with Crippen LogP contribution in [0, 0.1) is 13.8 Å². The van der Waals surface area contributed by atoms with Gasteiger partial charge in [0.15, 0.2) is 0 Å². The number of aromatic nitrogens is 4. The van der Waals surface area contributed by atoms with Crippen LogP contribution in [0.3, 0.4) is 0 Å². The lowest BCUT2D eigenvalue weighted by Gasteiger charge is -2.18. The summed E-state index contributed by atoms with van der Waals surface area (Å²) >= 11 is 1.55. The average Bonchev–Trinajstić information content (AvgIpc) is 3.47. The van der Waals surface area contributed by atoms with Crippen LogP contribution >= 0.6 is 11.3 Å².